The highest BCUT2D eigenvalue weighted by Crippen LogP contribution is 2.31. The molecular formula is C18H28N6O3. The highest BCUT2D eigenvalue weighted by Gasteiger charge is 2.30. The summed E-state index contributed by atoms with van der Waals surface area (Å²) in [5.74, 6) is -0.356. The van der Waals surface area contributed by atoms with E-state index in [1.54, 1.807) is 6.33 Å². The normalized spacial score (nSPS) is 20.1. The van der Waals surface area contributed by atoms with Crippen molar-refractivity contribution in [1.82, 2.24) is 24.4 Å². The van der Waals surface area contributed by atoms with Crippen molar-refractivity contribution in [3.05, 3.63) is 12.7 Å². The van der Waals surface area contributed by atoms with Crippen molar-refractivity contribution in [2.75, 3.05) is 18.8 Å². The highest BCUT2D eigenvalue weighted by molar-refractivity contribution is 5.81. The predicted molar refractivity (Wildman–Crippen MR) is 101 cm³/mol. The van der Waals surface area contributed by atoms with Gasteiger partial charge in [-0.3, -0.25) is 14.3 Å². The number of hydrogen-bond acceptors (Lipinski definition) is 7. The van der Waals surface area contributed by atoms with E-state index in [1.807, 2.05) is 4.57 Å². The minimum Gasteiger partial charge on any atom is -0.481 e. The van der Waals surface area contributed by atoms with Gasteiger partial charge in [0.2, 0.25) is 0 Å². The predicted octanol–water partition coefficient (Wildman–Crippen LogP) is 2.05. The zero-order valence-electron chi connectivity index (χ0n) is 15.9. The molecule has 3 rings (SSSR count). The lowest BCUT2D eigenvalue weighted by molar-refractivity contribution is -0.137. The minimum atomic E-state index is -0.731. The Morgan fingerprint density at radius 1 is 1.37 bits per heavy atom. The number of unbranched alkanes of at least 4 members (excludes halogenated alkanes) is 1. The maximum atomic E-state index is 10.7. The molecule has 1 fully saturated rings. The summed E-state index contributed by atoms with van der Waals surface area (Å²) in [6, 6.07) is 0.388. The van der Waals surface area contributed by atoms with E-state index in [2.05, 4.69) is 33.7 Å². The summed E-state index contributed by atoms with van der Waals surface area (Å²) < 4.78 is 8.20. The van der Waals surface area contributed by atoms with Gasteiger partial charge >= 0.3 is 5.97 Å². The highest BCUT2D eigenvalue weighted by atomic mass is 16.5. The van der Waals surface area contributed by atoms with Crippen molar-refractivity contribution < 1.29 is 14.6 Å². The molecule has 0 spiro atoms. The van der Waals surface area contributed by atoms with Gasteiger partial charge in [0.05, 0.1) is 12.4 Å². The summed E-state index contributed by atoms with van der Waals surface area (Å²) in [5.41, 5.74) is 7.16. The van der Waals surface area contributed by atoms with E-state index in [4.69, 9.17) is 15.6 Å². The molecule has 0 radical (unpaired) electrons. The third kappa shape index (κ3) is 4.72. The molecular weight excluding hydrogens is 348 g/mol. The number of carboxylic acids is 1. The molecule has 2 atom stereocenters. The molecule has 2 aromatic heterocycles. The Labute approximate surface area is 158 Å². The summed E-state index contributed by atoms with van der Waals surface area (Å²) in [7, 11) is 0. The number of nitrogens with zero attached hydrogens (tertiary/aromatic N) is 5. The molecule has 0 amide bonds. The molecule has 148 valence electrons. The maximum absolute atomic E-state index is 10.7. The second-order valence-corrected chi connectivity index (χ2v) is 7.31. The van der Waals surface area contributed by atoms with Gasteiger partial charge in [-0.2, -0.15) is 0 Å². The van der Waals surface area contributed by atoms with Crippen LogP contribution in [0.2, 0.25) is 0 Å². The lowest BCUT2D eigenvalue weighted by Gasteiger charge is -2.29. The average Bonchev–Trinajstić information content (AvgIpc) is 3.24. The number of carbonyl (C=O) groups is 1. The van der Waals surface area contributed by atoms with Crippen molar-refractivity contribution >= 4 is 23.0 Å². The van der Waals surface area contributed by atoms with Gasteiger partial charge in [0.25, 0.3) is 0 Å². The molecule has 0 aromatic carbocycles. The molecule has 1 aliphatic rings. The Morgan fingerprint density at radius 3 is 2.93 bits per heavy atom. The number of nitrogen functional groups attached to an aromatic ring is 1. The lowest BCUT2D eigenvalue weighted by atomic mass is 10.1. The van der Waals surface area contributed by atoms with E-state index in [1.165, 1.54) is 6.33 Å². The van der Waals surface area contributed by atoms with E-state index in [0.717, 1.165) is 32.4 Å². The van der Waals surface area contributed by atoms with Crippen molar-refractivity contribution in [2.45, 2.75) is 64.3 Å². The first-order valence-electron chi connectivity index (χ1n) is 9.50. The number of anilines is 1. The standard InChI is InChI=1S/C18H28N6O3/c1-12(2)23(8-4-3-5-15(25)26)9-13-6-7-14(27-13)24-11-22-16-17(19)20-10-21-18(16)24/h10-14H,3-9H2,1-2H3,(H,25,26)(H2,19,20,21). The quantitative estimate of drug-likeness (QED) is 0.638. The zero-order chi connectivity index (χ0) is 19.4. The number of aromatic nitrogens is 4. The number of aliphatic carboxylic acids is 1. The Balaban J connectivity index is 1.57. The topological polar surface area (TPSA) is 119 Å². The fraction of sp³-hybridized carbons (Fsp3) is 0.667. The summed E-state index contributed by atoms with van der Waals surface area (Å²) >= 11 is 0. The van der Waals surface area contributed by atoms with E-state index in [-0.39, 0.29) is 18.8 Å². The van der Waals surface area contributed by atoms with Crippen molar-refractivity contribution in [2.24, 2.45) is 0 Å². The van der Waals surface area contributed by atoms with Crippen LogP contribution in [0.3, 0.4) is 0 Å². The average molecular weight is 376 g/mol. The number of fused-ring (bicyclic) bond motifs is 1. The minimum absolute atomic E-state index is 0.102. The SMILES string of the molecule is CC(C)N(CCCCC(=O)O)CC1CCC(n2cnc3c(N)ncnc32)O1. The molecule has 9 heteroatoms. The molecule has 3 N–H and O–H groups in total. The van der Waals surface area contributed by atoms with Gasteiger partial charge in [0.15, 0.2) is 11.5 Å². The molecule has 1 saturated heterocycles. The largest absolute Gasteiger partial charge is 0.481 e. The second-order valence-electron chi connectivity index (χ2n) is 7.31. The molecule has 3 heterocycles. The van der Waals surface area contributed by atoms with Gasteiger partial charge in [0, 0.05) is 19.0 Å². The number of nitrogens with two attached hydrogens (primary N) is 1. The van der Waals surface area contributed by atoms with Crippen molar-refractivity contribution in [1.29, 1.82) is 0 Å². The van der Waals surface area contributed by atoms with Crippen molar-refractivity contribution in [3.8, 4) is 0 Å². The molecule has 1 aliphatic heterocycles. The van der Waals surface area contributed by atoms with Gasteiger partial charge in [-0.1, -0.05) is 0 Å². The Morgan fingerprint density at radius 2 is 2.19 bits per heavy atom. The van der Waals surface area contributed by atoms with Crippen LogP contribution in [0.5, 0.6) is 0 Å². The van der Waals surface area contributed by atoms with Crippen LogP contribution in [-0.2, 0) is 9.53 Å². The van der Waals surface area contributed by atoms with E-state index < -0.39 is 5.97 Å². The van der Waals surface area contributed by atoms with Crippen LogP contribution >= 0.6 is 0 Å². The van der Waals surface area contributed by atoms with Gasteiger partial charge in [-0.25, -0.2) is 15.0 Å². The summed E-state index contributed by atoms with van der Waals surface area (Å²) in [6.07, 6.45) is 6.86. The lowest BCUT2D eigenvalue weighted by Crippen LogP contribution is -2.38. The molecule has 27 heavy (non-hydrogen) atoms. The molecule has 2 unspecified atom stereocenters. The van der Waals surface area contributed by atoms with E-state index in [0.29, 0.717) is 29.4 Å². The summed E-state index contributed by atoms with van der Waals surface area (Å²) in [5, 5.41) is 8.77. The molecule has 0 saturated carbocycles. The van der Waals surface area contributed by atoms with Gasteiger partial charge in [0.1, 0.15) is 18.1 Å². The smallest absolute Gasteiger partial charge is 0.303 e. The maximum Gasteiger partial charge on any atom is 0.303 e. The fourth-order valence-electron chi connectivity index (χ4n) is 3.52. The first-order valence-corrected chi connectivity index (χ1v) is 9.50. The Hall–Kier alpha value is -2.26. The van der Waals surface area contributed by atoms with Gasteiger partial charge in [-0.05, 0) is 46.1 Å². The first kappa shape index (κ1) is 19.5. The van der Waals surface area contributed by atoms with Crippen LogP contribution in [0, 0.1) is 0 Å². The van der Waals surface area contributed by atoms with Gasteiger partial charge < -0.3 is 15.6 Å². The third-order valence-corrected chi connectivity index (χ3v) is 5.04. The first-order chi connectivity index (χ1) is 13.0. The van der Waals surface area contributed by atoms with Crippen LogP contribution in [0.4, 0.5) is 5.82 Å². The summed E-state index contributed by atoms with van der Waals surface area (Å²) in [4.78, 5) is 25.6. The Kier molecular flexibility index (Phi) is 6.22. The zero-order valence-corrected chi connectivity index (χ0v) is 15.9. The van der Waals surface area contributed by atoms with Crippen LogP contribution in [0.25, 0.3) is 11.2 Å². The monoisotopic (exact) mass is 376 g/mol. The Bertz CT molecular complexity index is 778. The van der Waals surface area contributed by atoms with Crippen LogP contribution in [0.15, 0.2) is 12.7 Å². The van der Waals surface area contributed by atoms with Crippen molar-refractivity contribution in [3.63, 3.8) is 0 Å². The van der Waals surface area contributed by atoms with E-state index in [9.17, 15) is 4.79 Å². The van der Waals surface area contributed by atoms with Crippen LogP contribution < -0.4 is 5.73 Å². The van der Waals surface area contributed by atoms with Crippen LogP contribution in [0.1, 0.15) is 52.2 Å². The summed E-state index contributed by atoms with van der Waals surface area (Å²) in [6.45, 7) is 6.04. The number of hydrogen-bond donors (Lipinski definition) is 2. The molecule has 0 bridgehead atoms. The third-order valence-electron chi connectivity index (χ3n) is 5.04. The number of ether oxygens (including phenoxy) is 1. The molecule has 2 aromatic rings. The number of rotatable bonds is 9. The van der Waals surface area contributed by atoms with Gasteiger partial charge in [-0.15, -0.1) is 0 Å². The molecule has 0 aliphatic carbocycles. The second kappa shape index (κ2) is 8.62. The molecule has 9 nitrogen and oxygen atoms in total. The number of carboxylic acid groups (broad SMARTS) is 1. The fourth-order valence-corrected chi connectivity index (χ4v) is 3.52. The van der Waals surface area contributed by atoms with Crippen LogP contribution in [-0.4, -0.2) is 60.7 Å². The van der Waals surface area contributed by atoms with E-state index >= 15 is 0 Å². The number of imidazole rings is 1.